The molecule has 1 aromatic carbocycles. The van der Waals surface area contributed by atoms with Crippen LogP contribution < -0.4 is 9.80 Å². The van der Waals surface area contributed by atoms with Crippen LogP contribution in [0.25, 0.3) is 0 Å². The molecular formula is C19H26N4O6S. The summed E-state index contributed by atoms with van der Waals surface area (Å²) in [6.45, 7) is 5.17. The monoisotopic (exact) mass is 438 g/mol. The standard InChI is InChI=1S/C19H26N4O6S/c1-3-27-17(24)22-10-8-21(9-11-22)14-4-6-15(7-5-14)23-12-16(29-18(23)25)13-28-20(2)19(26)30/h4-7,16H,3,8-13H2,1-2H3,(H,26,30)/t16-/m0/s1. The van der Waals surface area contributed by atoms with Gasteiger partial charge in [-0.15, -0.1) is 0 Å². The normalized spacial score (nSPS) is 19.0. The van der Waals surface area contributed by atoms with Crippen LogP contribution in [0, 0.1) is 0 Å². The number of ether oxygens (including phenoxy) is 2. The van der Waals surface area contributed by atoms with Crippen LogP contribution >= 0.6 is 12.6 Å². The van der Waals surface area contributed by atoms with Crippen LogP contribution in [-0.2, 0) is 14.3 Å². The second kappa shape index (κ2) is 9.90. The summed E-state index contributed by atoms with van der Waals surface area (Å²) in [5.74, 6) is 0. The number of rotatable bonds is 6. The molecule has 164 valence electrons. The summed E-state index contributed by atoms with van der Waals surface area (Å²) in [5.41, 5.74) is 1.73. The average molecular weight is 439 g/mol. The zero-order valence-corrected chi connectivity index (χ0v) is 17.9. The van der Waals surface area contributed by atoms with Crippen molar-refractivity contribution in [3.63, 3.8) is 0 Å². The molecule has 0 saturated carbocycles. The largest absolute Gasteiger partial charge is 0.450 e. The van der Waals surface area contributed by atoms with Gasteiger partial charge in [0, 0.05) is 44.6 Å². The predicted molar refractivity (Wildman–Crippen MR) is 113 cm³/mol. The second-order valence-corrected chi connectivity index (χ2v) is 7.26. The van der Waals surface area contributed by atoms with E-state index >= 15 is 0 Å². The molecule has 30 heavy (non-hydrogen) atoms. The van der Waals surface area contributed by atoms with Gasteiger partial charge in [0.25, 0.3) is 0 Å². The van der Waals surface area contributed by atoms with Gasteiger partial charge in [0.1, 0.15) is 12.7 Å². The van der Waals surface area contributed by atoms with Crippen LogP contribution in [0.1, 0.15) is 6.92 Å². The van der Waals surface area contributed by atoms with Gasteiger partial charge in [0.15, 0.2) is 0 Å². The van der Waals surface area contributed by atoms with Gasteiger partial charge in [0.2, 0.25) is 0 Å². The maximum Gasteiger partial charge on any atom is 0.414 e. The topological polar surface area (TPSA) is 91.9 Å². The quantitative estimate of drug-likeness (QED) is 0.538. The molecule has 1 aromatic rings. The first-order valence-electron chi connectivity index (χ1n) is 9.73. The Kier molecular flexibility index (Phi) is 7.27. The van der Waals surface area contributed by atoms with Crippen molar-refractivity contribution in [2.45, 2.75) is 13.0 Å². The van der Waals surface area contributed by atoms with Gasteiger partial charge < -0.3 is 19.3 Å². The fourth-order valence-electron chi connectivity index (χ4n) is 3.27. The molecule has 2 aliphatic rings. The number of thiol groups is 1. The predicted octanol–water partition coefficient (Wildman–Crippen LogP) is 2.20. The van der Waals surface area contributed by atoms with E-state index in [0.717, 1.165) is 16.4 Å². The third-order valence-electron chi connectivity index (χ3n) is 4.93. The van der Waals surface area contributed by atoms with Crippen molar-refractivity contribution in [1.29, 1.82) is 0 Å². The Hall–Kier alpha value is -2.66. The van der Waals surface area contributed by atoms with E-state index in [9.17, 15) is 14.4 Å². The Bertz CT molecular complexity index is 769. The number of amides is 3. The first-order valence-corrected chi connectivity index (χ1v) is 10.2. The molecule has 0 spiro atoms. The second-order valence-electron chi connectivity index (χ2n) is 6.88. The molecule has 2 fully saturated rings. The molecule has 0 radical (unpaired) electrons. The molecule has 1 atom stereocenters. The molecule has 10 nitrogen and oxygen atoms in total. The van der Waals surface area contributed by atoms with E-state index in [4.69, 9.17) is 14.3 Å². The molecule has 0 N–H and O–H groups in total. The number of anilines is 2. The molecule has 2 aliphatic heterocycles. The minimum absolute atomic E-state index is 0.0634. The van der Waals surface area contributed by atoms with Crippen LogP contribution in [0.3, 0.4) is 0 Å². The highest BCUT2D eigenvalue weighted by molar-refractivity contribution is 7.96. The molecule has 3 amide bonds. The summed E-state index contributed by atoms with van der Waals surface area (Å²) >= 11 is 3.65. The molecule has 0 aliphatic carbocycles. The lowest BCUT2D eigenvalue weighted by Gasteiger charge is -2.35. The summed E-state index contributed by atoms with van der Waals surface area (Å²) in [5, 5.41) is 0.450. The molecule has 0 aromatic heterocycles. The summed E-state index contributed by atoms with van der Waals surface area (Å²) in [4.78, 5) is 45.7. The molecule has 11 heteroatoms. The number of hydroxylamine groups is 2. The van der Waals surface area contributed by atoms with Gasteiger partial charge in [-0.05, 0) is 31.2 Å². The summed E-state index contributed by atoms with van der Waals surface area (Å²) in [7, 11) is 1.44. The van der Waals surface area contributed by atoms with Gasteiger partial charge in [-0.3, -0.25) is 14.5 Å². The number of hydrogen-bond donors (Lipinski definition) is 1. The van der Waals surface area contributed by atoms with Crippen LogP contribution in [0.2, 0.25) is 0 Å². The van der Waals surface area contributed by atoms with Crippen molar-refractivity contribution in [3.8, 4) is 0 Å². The number of carbonyl (C=O) groups is 3. The highest BCUT2D eigenvalue weighted by atomic mass is 32.1. The number of carbonyl (C=O) groups excluding carboxylic acids is 3. The van der Waals surface area contributed by atoms with Gasteiger partial charge in [-0.2, -0.15) is 0 Å². The van der Waals surface area contributed by atoms with Crippen molar-refractivity contribution in [2.75, 3.05) is 62.8 Å². The molecular weight excluding hydrogens is 412 g/mol. The highest BCUT2D eigenvalue weighted by Crippen LogP contribution is 2.26. The van der Waals surface area contributed by atoms with E-state index in [1.165, 1.54) is 11.9 Å². The Morgan fingerprint density at radius 2 is 1.80 bits per heavy atom. The minimum atomic E-state index is -0.533. The number of piperazine rings is 1. The van der Waals surface area contributed by atoms with Gasteiger partial charge in [-0.25, -0.2) is 14.7 Å². The number of benzene rings is 1. The van der Waals surface area contributed by atoms with Crippen LogP contribution in [-0.4, -0.2) is 86.5 Å². The molecule has 0 unspecified atom stereocenters. The lowest BCUT2D eigenvalue weighted by atomic mass is 10.2. The van der Waals surface area contributed by atoms with E-state index in [0.29, 0.717) is 39.3 Å². The Labute approximate surface area is 180 Å². The van der Waals surface area contributed by atoms with E-state index < -0.39 is 17.4 Å². The first kappa shape index (κ1) is 22.0. The van der Waals surface area contributed by atoms with Crippen molar-refractivity contribution in [1.82, 2.24) is 9.96 Å². The van der Waals surface area contributed by atoms with Gasteiger partial charge in [0.05, 0.1) is 13.2 Å². The highest BCUT2D eigenvalue weighted by Gasteiger charge is 2.33. The lowest BCUT2D eigenvalue weighted by molar-refractivity contribution is -0.113. The average Bonchev–Trinajstić information content (AvgIpc) is 3.13. The third kappa shape index (κ3) is 5.28. The minimum Gasteiger partial charge on any atom is -0.450 e. The molecule has 2 heterocycles. The molecule has 2 saturated heterocycles. The summed E-state index contributed by atoms with van der Waals surface area (Å²) in [6.07, 6.45) is -1.22. The van der Waals surface area contributed by atoms with Crippen LogP contribution in [0.15, 0.2) is 24.3 Å². The van der Waals surface area contributed by atoms with Crippen LogP contribution in [0.5, 0.6) is 0 Å². The third-order valence-corrected chi connectivity index (χ3v) is 5.21. The van der Waals surface area contributed by atoms with Crippen molar-refractivity contribution < 1.29 is 28.7 Å². The van der Waals surface area contributed by atoms with E-state index in [1.807, 2.05) is 24.3 Å². The maximum absolute atomic E-state index is 12.2. The van der Waals surface area contributed by atoms with Gasteiger partial charge >= 0.3 is 17.4 Å². The maximum atomic E-state index is 12.2. The molecule has 3 rings (SSSR count). The fourth-order valence-corrected chi connectivity index (χ4v) is 3.33. The van der Waals surface area contributed by atoms with E-state index in [-0.39, 0.29) is 12.7 Å². The smallest absolute Gasteiger partial charge is 0.414 e. The Morgan fingerprint density at radius 1 is 1.17 bits per heavy atom. The van der Waals surface area contributed by atoms with E-state index in [1.54, 1.807) is 11.8 Å². The fraction of sp³-hybridized carbons (Fsp3) is 0.526. The lowest BCUT2D eigenvalue weighted by Crippen LogP contribution is -2.49. The first-order chi connectivity index (χ1) is 14.4. The Morgan fingerprint density at radius 3 is 2.40 bits per heavy atom. The number of nitrogens with zero attached hydrogens (tertiary/aromatic N) is 4. The van der Waals surface area contributed by atoms with Crippen molar-refractivity contribution >= 4 is 41.4 Å². The van der Waals surface area contributed by atoms with Gasteiger partial charge in [-0.1, -0.05) is 12.6 Å². The van der Waals surface area contributed by atoms with Crippen molar-refractivity contribution in [3.05, 3.63) is 24.3 Å². The Balaban J connectivity index is 1.53. The summed E-state index contributed by atoms with van der Waals surface area (Å²) in [6, 6.07) is 7.61. The van der Waals surface area contributed by atoms with Crippen molar-refractivity contribution in [2.24, 2.45) is 0 Å². The number of hydrogen-bond acceptors (Lipinski definition) is 7. The molecule has 0 bridgehead atoms. The zero-order chi connectivity index (χ0) is 21.7. The van der Waals surface area contributed by atoms with Crippen LogP contribution in [0.4, 0.5) is 25.8 Å². The zero-order valence-electron chi connectivity index (χ0n) is 17.0. The summed E-state index contributed by atoms with van der Waals surface area (Å²) < 4.78 is 10.3. The number of cyclic esters (lactones) is 1. The van der Waals surface area contributed by atoms with E-state index in [2.05, 4.69) is 17.5 Å². The SMILES string of the molecule is CCOC(=O)N1CCN(c2ccc(N3C[C@@H](CON(C)C(=O)S)OC3=O)cc2)CC1.